The van der Waals surface area contributed by atoms with E-state index in [1.807, 2.05) is 36.4 Å². The van der Waals surface area contributed by atoms with E-state index in [9.17, 15) is 0 Å². The average Bonchev–Trinajstić information content (AvgIpc) is 2.60. The van der Waals surface area contributed by atoms with Crippen LogP contribution < -0.4 is 10.1 Å². The Labute approximate surface area is 150 Å². The molecular formula is C18H18Cl2N2O2. The Kier molecular flexibility index (Phi) is 5.61. The highest BCUT2D eigenvalue weighted by Gasteiger charge is 2.10. The number of aromatic nitrogens is 1. The van der Waals surface area contributed by atoms with Crippen LogP contribution in [0.5, 0.6) is 5.75 Å². The SMILES string of the molecule is COc1ccc2nc3cc(Cl)ccc3c(NCCOCCCl)c2c1. The summed E-state index contributed by atoms with van der Waals surface area (Å²) >= 11 is 11.7. The molecule has 3 rings (SSSR count). The van der Waals surface area contributed by atoms with Crippen molar-refractivity contribution >= 4 is 50.7 Å². The highest BCUT2D eigenvalue weighted by atomic mass is 35.5. The van der Waals surface area contributed by atoms with Gasteiger partial charge in [-0.25, -0.2) is 4.98 Å². The number of alkyl halides is 1. The van der Waals surface area contributed by atoms with Gasteiger partial charge in [0.25, 0.3) is 0 Å². The zero-order valence-electron chi connectivity index (χ0n) is 13.3. The molecule has 126 valence electrons. The quantitative estimate of drug-likeness (QED) is 0.374. The molecule has 0 amide bonds. The normalized spacial score (nSPS) is 11.1. The van der Waals surface area contributed by atoms with Crippen LogP contribution in [0.2, 0.25) is 5.02 Å². The van der Waals surface area contributed by atoms with Crippen molar-refractivity contribution in [1.29, 1.82) is 0 Å². The minimum Gasteiger partial charge on any atom is -0.497 e. The zero-order valence-corrected chi connectivity index (χ0v) is 14.8. The fourth-order valence-electron chi connectivity index (χ4n) is 2.62. The summed E-state index contributed by atoms with van der Waals surface area (Å²) in [6.45, 7) is 1.80. The second kappa shape index (κ2) is 7.88. The van der Waals surface area contributed by atoms with Crippen molar-refractivity contribution in [2.75, 3.05) is 38.1 Å². The Hall–Kier alpha value is -1.75. The third-order valence-corrected chi connectivity index (χ3v) is 4.10. The van der Waals surface area contributed by atoms with Gasteiger partial charge in [-0.15, -0.1) is 11.6 Å². The largest absolute Gasteiger partial charge is 0.497 e. The van der Waals surface area contributed by atoms with Gasteiger partial charge in [0.05, 0.1) is 37.0 Å². The summed E-state index contributed by atoms with van der Waals surface area (Å²) in [5, 5.41) is 6.13. The Morgan fingerprint density at radius 3 is 2.71 bits per heavy atom. The molecule has 2 aromatic carbocycles. The Bertz CT molecular complexity index is 855. The van der Waals surface area contributed by atoms with Gasteiger partial charge in [0.2, 0.25) is 0 Å². The monoisotopic (exact) mass is 364 g/mol. The van der Waals surface area contributed by atoms with Gasteiger partial charge >= 0.3 is 0 Å². The van der Waals surface area contributed by atoms with Crippen LogP contribution in [-0.4, -0.2) is 37.7 Å². The molecule has 0 unspecified atom stereocenters. The van der Waals surface area contributed by atoms with Gasteiger partial charge in [-0.1, -0.05) is 11.6 Å². The van der Waals surface area contributed by atoms with E-state index in [1.54, 1.807) is 7.11 Å². The lowest BCUT2D eigenvalue weighted by molar-refractivity contribution is 0.160. The number of benzene rings is 2. The Morgan fingerprint density at radius 1 is 1.04 bits per heavy atom. The molecule has 0 bridgehead atoms. The molecule has 0 aliphatic heterocycles. The first-order valence-corrected chi connectivity index (χ1v) is 8.59. The maximum atomic E-state index is 6.12. The molecule has 0 aliphatic rings. The van der Waals surface area contributed by atoms with E-state index in [4.69, 9.17) is 37.7 Å². The van der Waals surface area contributed by atoms with Crippen LogP contribution in [0, 0.1) is 0 Å². The molecule has 0 saturated carbocycles. The maximum absolute atomic E-state index is 6.12. The van der Waals surface area contributed by atoms with Crippen LogP contribution in [0.1, 0.15) is 0 Å². The second-order valence-corrected chi connectivity index (χ2v) is 6.07. The second-order valence-electron chi connectivity index (χ2n) is 5.26. The van der Waals surface area contributed by atoms with Crippen molar-refractivity contribution in [3.05, 3.63) is 41.4 Å². The van der Waals surface area contributed by atoms with Crippen LogP contribution in [0.3, 0.4) is 0 Å². The molecule has 0 spiro atoms. The number of rotatable bonds is 7. The fourth-order valence-corrected chi connectivity index (χ4v) is 2.89. The Balaban J connectivity index is 2.05. The molecule has 0 radical (unpaired) electrons. The van der Waals surface area contributed by atoms with Crippen LogP contribution >= 0.6 is 23.2 Å². The molecule has 4 nitrogen and oxygen atoms in total. The number of pyridine rings is 1. The van der Waals surface area contributed by atoms with Crippen molar-refractivity contribution in [2.24, 2.45) is 0 Å². The van der Waals surface area contributed by atoms with Gasteiger partial charge in [-0.3, -0.25) is 0 Å². The lowest BCUT2D eigenvalue weighted by Crippen LogP contribution is -2.11. The fraction of sp³-hybridized carbons (Fsp3) is 0.278. The predicted molar refractivity (Wildman–Crippen MR) is 101 cm³/mol. The van der Waals surface area contributed by atoms with Crippen molar-refractivity contribution in [3.8, 4) is 5.75 Å². The minimum absolute atomic E-state index is 0.497. The van der Waals surface area contributed by atoms with Crippen molar-refractivity contribution in [1.82, 2.24) is 4.98 Å². The van der Waals surface area contributed by atoms with Crippen molar-refractivity contribution in [3.63, 3.8) is 0 Å². The summed E-state index contributed by atoms with van der Waals surface area (Å²) in [5.74, 6) is 1.29. The molecule has 0 aliphatic carbocycles. The summed E-state index contributed by atoms with van der Waals surface area (Å²) in [6.07, 6.45) is 0. The molecule has 3 aromatic rings. The van der Waals surface area contributed by atoms with Crippen LogP contribution in [0.15, 0.2) is 36.4 Å². The first kappa shape index (κ1) is 17.1. The van der Waals surface area contributed by atoms with E-state index in [0.29, 0.717) is 30.7 Å². The number of nitrogens with zero attached hydrogens (tertiary/aromatic N) is 1. The molecule has 6 heteroatoms. The van der Waals surface area contributed by atoms with Gasteiger partial charge in [-0.2, -0.15) is 0 Å². The summed E-state index contributed by atoms with van der Waals surface area (Å²) < 4.78 is 10.8. The molecule has 24 heavy (non-hydrogen) atoms. The van der Waals surface area contributed by atoms with Crippen LogP contribution in [0.25, 0.3) is 21.8 Å². The van der Waals surface area contributed by atoms with Crippen molar-refractivity contribution in [2.45, 2.75) is 0 Å². The molecular weight excluding hydrogens is 347 g/mol. The van der Waals surface area contributed by atoms with Gasteiger partial charge < -0.3 is 14.8 Å². The molecule has 0 atom stereocenters. The summed E-state index contributed by atoms with van der Waals surface area (Å²) in [5.41, 5.74) is 2.74. The highest BCUT2D eigenvalue weighted by molar-refractivity contribution is 6.31. The number of hydrogen-bond acceptors (Lipinski definition) is 4. The standard InChI is InChI=1S/C18H18Cl2N2O2/c1-23-13-3-5-16-15(11-13)18(21-7-9-24-8-6-19)14-4-2-12(20)10-17(14)22-16/h2-5,10-11H,6-9H2,1H3,(H,21,22). The lowest BCUT2D eigenvalue weighted by Gasteiger charge is -2.14. The van der Waals surface area contributed by atoms with Crippen molar-refractivity contribution < 1.29 is 9.47 Å². The third kappa shape index (κ3) is 3.66. The van der Waals surface area contributed by atoms with E-state index in [2.05, 4.69) is 5.32 Å². The number of nitrogens with one attached hydrogen (secondary N) is 1. The number of hydrogen-bond donors (Lipinski definition) is 1. The third-order valence-electron chi connectivity index (χ3n) is 3.71. The van der Waals surface area contributed by atoms with E-state index < -0.39 is 0 Å². The first-order valence-electron chi connectivity index (χ1n) is 7.67. The topological polar surface area (TPSA) is 43.4 Å². The molecule has 1 N–H and O–H groups in total. The first-order chi connectivity index (χ1) is 11.7. The maximum Gasteiger partial charge on any atom is 0.119 e. The molecule has 0 saturated heterocycles. The van der Waals surface area contributed by atoms with Crippen LogP contribution in [0.4, 0.5) is 5.69 Å². The number of anilines is 1. The van der Waals surface area contributed by atoms with Gasteiger partial charge in [0.1, 0.15) is 5.75 Å². The minimum atomic E-state index is 0.497. The molecule has 1 aromatic heterocycles. The van der Waals surface area contributed by atoms with E-state index >= 15 is 0 Å². The Morgan fingerprint density at radius 2 is 1.92 bits per heavy atom. The molecule has 1 heterocycles. The van der Waals surface area contributed by atoms with E-state index in [0.717, 1.165) is 33.2 Å². The predicted octanol–water partition coefficient (Wildman–Crippen LogP) is 4.72. The van der Waals surface area contributed by atoms with E-state index in [-0.39, 0.29) is 0 Å². The smallest absolute Gasteiger partial charge is 0.119 e. The van der Waals surface area contributed by atoms with Gasteiger partial charge in [0, 0.05) is 28.2 Å². The number of methoxy groups -OCH3 is 1. The number of ether oxygens (including phenoxy) is 2. The average molecular weight is 365 g/mol. The summed E-state index contributed by atoms with van der Waals surface area (Å²) in [6, 6.07) is 11.6. The lowest BCUT2D eigenvalue weighted by atomic mass is 10.1. The zero-order chi connectivity index (χ0) is 16.9. The van der Waals surface area contributed by atoms with Gasteiger partial charge in [0.15, 0.2) is 0 Å². The van der Waals surface area contributed by atoms with E-state index in [1.165, 1.54) is 0 Å². The molecule has 0 fully saturated rings. The number of halogens is 2. The highest BCUT2D eigenvalue weighted by Crippen LogP contribution is 2.34. The van der Waals surface area contributed by atoms with Crippen LogP contribution in [-0.2, 0) is 4.74 Å². The summed E-state index contributed by atoms with van der Waals surface area (Å²) in [7, 11) is 1.66. The summed E-state index contributed by atoms with van der Waals surface area (Å²) in [4.78, 5) is 4.70. The number of fused-ring (bicyclic) bond motifs is 2. The van der Waals surface area contributed by atoms with Gasteiger partial charge in [-0.05, 0) is 36.4 Å².